The van der Waals surface area contributed by atoms with Crippen molar-refractivity contribution in [1.29, 1.82) is 0 Å². The summed E-state index contributed by atoms with van der Waals surface area (Å²) < 4.78 is 36.5. The molecular formula is C13H14BrClFNO3S. The molecule has 0 aromatic heterocycles. The molecule has 0 saturated carbocycles. The van der Waals surface area contributed by atoms with Crippen LogP contribution in [0, 0.1) is 11.7 Å². The first-order valence-electron chi connectivity index (χ1n) is 6.43. The molecule has 0 bridgehead atoms. The number of rotatable bonds is 2. The summed E-state index contributed by atoms with van der Waals surface area (Å²) in [6.07, 6.45) is 1.75. The highest BCUT2D eigenvalue weighted by Gasteiger charge is 2.27. The number of hydrogen-bond donors (Lipinski definition) is 0. The molecule has 0 N–H and O–H groups in total. The maximum absolute atomic E-state index is 13.6. The van der Waals surface area contributed by atoms with E-state index in [0.717, 1.165) is 25.0 Å². The molecule has 1 fully saturated rings. The van der Waals surface area contributed by atoms with E-state index in [1.54, 1.807) is 4.90 Å². The van der Waals surface area contributed by atoms with E-state index in [4.69, 9.17) is 10.7 Å². The number of amides is 1. The Morgan fingerprint density at radius 1 is 1.38 bits per heavy atom. The minimum atomic E-state index is -4.14. The van der Waals surface area contributed by atoms with Gasteiger partial charge < -0.3 is 4.90 Å². The third kappa shape index (κ3) is 3.76. The minimum absolute atomic E-state index is 0.00234. The quantitative estimate of drug-likeness (QED) is 0.718. The molecule has 1 heterocycles. The second-order valence-corrected chi connectivity index (χ2v) is 8.51. The second-order valence-electron chi connectivity index (χ2n) is 5.18. The van der Waals surface area contributed by atoms with Crippen molar-refractivity contribution in [2.75, 3.05) is 13.1 Å². The lowest BCUT2D eigenvalue weighted by atomic mass is 9.98. The molecule has 1 saturated heterocycles. The fraction of sp³-hybridized carbons (Fsp3) is 0.462. The van der Waals surface area contributed by atoms with Gasteiger partial charge in [0, 0.05) is 23.8 Å². The van der Waals surface area contributed by atoms with Crippen LogP contribution in [-0.2, 0) is 9.05 Å². The van der Waals surface area contributed by atoms with Crippen molar-refractivity contribution in [2.45, 2.75) is 24.7 Å². The first-order chi connectivity index (χ1) is 9.70. The van der Waals surface area contributed by atoms with Crippen LogP contribution in [-0.4, -0.2) is 32.3 Å². The largest absolute Gasteiger partial charge is 0.339 e. The van der Waals surface area contributed by atoms with Crippen molar-refractivity contribution < 1.29 is 17.6 Å². The lowest BCUT2D eigenvalue weighted by Gasteiger charge is -2.30. The van der Waals surface area contributed by atoms with Crippen LogP contribution >= 0.6 is 26.6 Å². The molecule has 1 aliphatic rings. The summed E-state index contributed by atoms with van der Waals surface area (Å²) in [4.78, 5) is 13.6. The normalized spacial score (nSPS) is 17.0. The van der Waals surface area contributed by atoms with E-state index < -0.39 is 25.7 Å². The Balaban J connectivity index is 2.40. The first-order valence-corrected chi connectivity index (χ1v) is 9.53. The zero-order valence-corrected chi connectivity index (χ0v) is 14.4. The van der Waals surface area contributed by atoms with E-state index in [1.165, 1.54) is 0 Å². The molecule has 21 heavy (non-hydrogen) atoms. The van der Waals surface area contributed by atoms with E-state index in [-0.39, 0.29) is 10.0 Å². The Bertz CT molecular complexity index is 672. The van der Waals surface area contributed by atoms with E-state index >= 15 is 0 Å². The molecule has 2 rings (SSSR count). The molecule has 1 aromatic rings. The predicted octanol–water partition coefficient (Wildman–Crippen LogP) is 3.39. The Morgan fingerprint density at radius 3 is 2.48 bits per heavy atom. The molecule has 0 atom stereocenters. The number of halogens is 3. The maximum Gasteiger partial charge on any atom is 0.262 e. The SMILES string of the molecule is CC1CCN(C(=O)c2cc(F)cc(S(=O)(=O)Cl)c2Br)CC1. The Morgan fingerprint density at radius 2 is 1.95 bits per heavy atom. The van der Waals surface area contributed by atoms with Gasteiger partial charge >= 0.3 is 0 Å². The van der Waals surface area contributed by atoms with E-state index in [0.29, 0.717) is 19.0 Å². The summed E-state index contributed by atoms with van der Waals surface area (Å²) in [5.74, 6) is -0.662. The van der Waals surface area contributed by atoms with Crippen molar-refractivity contribution in [1.82, 2.24) is 4.90 Å². The number of likely N-dealkylation sites (tertiary alicyclic amines) is 1. The summed E-state index contributed by atoms with van der Waals surface area (Å²) >= 11 is 3.05. The lowest BCUT2D eigenvalue weighted by Crippen LogP contribution is -2.38. The number of nitrogens with zero attached hydrogens (tertiary/aromatic N) is 1. The molecule has 1 aromatic carbocycles. The fourth-order valence-electron chi connectivity index (χ4n) is 2.28. The van der Waals surface area contributed by atoms with Gasteiger partial charge in [0.25, 0.3) is 15.0 Å². The van der Waals surface area contributed by atoms with Gasteiger partial charge in [-0.15, -0.1) is 0 Å². The van der Waals surface area contributed by atoms with Crippen LogP contribution in [0.3, 0.4) is 0 Å². The molecule has 0 radical (unpaired) electrons. The summed E-state index contributed by atoms with van der Waals surface area (Å²) in [5, 5.41) is 0. The molecule has 0 aliphatic carbocycles. The third-order valence-corrected chi connectivity index (χ3v) is 6.03. The van der Waals surface area contributed by atoms with Gasteiger partial charge in [-0.25, -0.2) is 12.8 Å². The van der Waals surface area contributed by atoms with Crippen LogP contribution in [0.15, 0.2) is 21.5 Å². The number of benzene rings is 1. The molecule has 0 unspecified atom stereocenters. The highest BCUT2D eigenvalue weighted by atomic mass is 79.9. The second kappa shape index (κ2) is 6.22. The van der Waals surface area contributed by atoms with Crippen LogP contribution in [0.2, 0.25) is 0 Å². The third-order valence-electron chi connectivity index (χ3n) is 3.57. The number of hydrogen-bond acceptors (Lipinski definition) is 3. The van der Waals surface area contributed by atoms with Gasteiger partial charge in [-0.05, 0) is 46.8 Å². The summed E-state index contributed by atoms with van der Waals surface area (Å²) in [7, 11) is 1.13. The molecule has 8 heteroatoms. The molecule has 4 nitrogen and oxygen atoms in total. The number of carbonyl (C=O) groups excluding carboxylic acids is 1. The van der Waals surface area contributed by atoms with Crippen molar-refractivity contribution in [3.8, 4) is 0 Å². The summed E-state index contributed by atoms with van der Waals surface area (Å²) in [6.45, 7) is 3.26. The Labute approximate surface area is 135 Å². The molecule has 1 amide bonds. The van der Waals surface area contributed by atoms with Crippen LogP contribution in [0.25, 0.3) is 0 Å². The molecule has 1 aliphatic heterocycles. The van der Waals surface area contributed by atoms with Gasteiger partial charge in [0.2, 0.25) is 0 Å². The lowest BCUT2D eigenvalue weighted by molar-refractivity contribution is 0.0695. The van der Waals surface area contributed by atoms with E-state index in [9.17, 15) is 17.6 Å². The predicted molar refractivity (Wildman–Crippen MR) is 81.4 cm³/mol. The van der Waals surface area contributed by atoms with Gasteiger partial charge in [-0.1, -0.05) is 6.92 Å². The zero-order chi connectivity index (χ0) is 15.8. The topological polar surface area (TPSA) is 54.5 Å². The summed E-state index contributed by atoms with van der Waals surface area (Å²) in [5.41, 5.74) is -0.0243. The van der Waals surface area contributed by atoms with Crippen molar-refractivity contribution >= 4 is 41.6 Å². The van der Waals surface area contributed by atoms with Gasteiger partial charge in [-0.2, -0.15) is 0 Å². The van der Waals surface area contributed by atoms with Gasteiger partial charge in [0.1, 0.15) is 10.7 Å². The van der Waals surface area contributed by atoms with Crippen molar-refractivity contribution in [3.05, 3.63) is 28.0 Å². The zero-order valence-electron chi connectivity index (χ0n) is 11.3. The fourth-order valence-corrected chi connectivity index (χ4v) is 4.54. The molecule has 116 valence electrons. The Hall–Kier alpha value is -0.660. The highest BCUT2D eigenvalue weighted by molar-refractivity contribution is 9.10. The number of piperidine rings is 1. The minimum Gasteiger partial charge on any atom is -0.339 e. The van der Waals surface area contributed by atoms with Crippen molar-refractivity contribution in [2.24, 2.45) is 5.92 Å². The van der Waals surface area contributed by atoms with Crippen LogP contribution < -0.4 is 0 Å². The average Bonchev–Trinajstić information content (AvgIpc) is 2.40. The van der Waals surface area contributed by atoms with Crippen LogP contribution in [0.5, 0.6) is 0 Å². The Kier molecular flexibility index (Phi) is 4.95. The van der Waals surface area contributed by atoms with E-state index in [2.05, 4.69) is 22.9 Å². The van der Waals surface area contributed by atoms with Gasteiger partial charge in [0.05, 0.1) is 10.0 Å². The monoisotopic (exact) mass is 397 g/mol. The first kappa shape index (κ1) is 16.7. The smallest absolute Gasteiger partial charge is 0.262 e. The standard InChI is InChI=1S/C13H14BrClFNO3S/c1-8-2-4-17(5-3-8)13(18)10-6-9(16)7-11(12(10)14)21(15,19)20/h6-8H,2-5H2,1H3. The highest BCUT2D eigenvalue weighted by Crippen LogP contribution is 2.31. The average molecular weight is 399 g/mol. The van der Waals surface area contributed by atoms with Gasteiger partial charge in [0.15, 0.2) is 0 Å². The maximum atomic E-state index is 13.6. The van der Waals surface area contributed by atoms with E-state index in [1.807, 2.05) is 0 Å². The van der Waals surface area contributed by atoms with Gasteiger partial charge in [-0.3, -0.25) is 4.79 Å². The molecule has 0 spiro atoms. The number of carbonyl (C=O) groups is 1. The molecular weight excluding hydrogens is 385 g/mol. The summed E-state index contributed by atoms with van der Waals surface area (Å²) in [6, 6.07) is 1.82. The van der Waals surface area contributed by atoms with Crippen molar-refractivity contribution in [3.63, 3.8) is 0 Å². The van der Waals surface area contributed by atoms with Crippen LogP contribution in [0.1, 0.15) is 30.1 Å². The van der Waals surface area contributed by atoms with Crippen LogP contribution in [0.4, 0.5) is 4.39 Å².